The molecule has 0 spiro atoms. The van der Waals surface area contributed by atoms with Crippen molar-refractivity contribution >= 4 is 35.8 Å². The van der Waals surface area contributed by atoms with Crippen molar-refractivity contribution in [3.63, 3.8) is 0 Å². The summed E-state index contributed by atoms with van der Waals surface area (Å²) in [5.74, 6) is 0.362. The first-order chi connectivity index (χ1) is 9.43. The van der Waals surface area contributed by atoms with Crippen LogP contribution >= 0.6 is 35.8 Å². The highest BCUT2D eigenvalue weighted by molar-refractivity contribution is 7.80. The Balaban J connectivity index is 2.13. The fourth-order valence-corrected chi connectivity index (χ4v) is 2.59. The highest BCUT2D eigenvalue weighted by atomic mass is 35.5. The van der Waals surface area contributed by atoms with Crippen molar-refractivity contribution < 1.29 is 24.8 Å². The van der Waals surface area contributed by atoms with Gasteiger partial charge in [0.15, 0.2) is 6.10 Å². The SMILES string of the molecule is OC[C@H]1O[C@H](S)[C@H](Oc2ccc(Cl)c(Cl)c2)[C@@H](O)[C@H]1O. The first-order valence-corrected chi connectivity index (χ1v) is 7.13. The standard InChI is InChI=1S/C12H14Cl2O5S/c13-6-2-1-5(3-7(6)14)18-11-10(17)9(16)8(4-15)19-12(11)20/h1-3,8-12,15-17,20H,4H2/t8-,9+,10+,11-,12-/m1/s1. The maximum Gasteiger partial charge on any atom is 0.162 e. The van der Waals surface area contributed by atoms with Gasteiger partial charge in [-0.05, 0) is 12.1 Å². The van der Waals surface area contributed by atoms with Gasteiger partial charge in [0, 0.05) is 6.07 Å². The van der Waals surface area contributed by atoms with Gasteiger partial charge in [0.05, 0.1) is 16.7 Å². The molecule has 0 unspecified atom stereocenters. The molecule has 0 aliphatic carbocycles. The molecule has 20 heavy (non-hydrogen) atoms. The predicted octanol–water partition coefficient (Wildman–Crippen LogP) is 1.11. The summed E-state index contributed by atoms with van der Waals surface area (Å²) in [4.78, 5) is 0. The molecule has 2 rings (SSSR count). The summed E-state index contributed by atoms with van der Waals surface area (Å²) in [6.45, 7) is -0.422. The molecule has 1 fully saturated rings. The van der Waals surface area contributed by atoms with E-state index in [4.69, 9.17) is 37.8 Å². The number of halogens is 2. The second-order valence-electron chi connectivity index (χ2n) is 4.39. The zero-order chi connectivity index (χ0) is 14.9. The average molecular weight is 341 g/mol. The molecule has 1 aromatic carbocycles. The number of aliphatic hydroxyl groups is 3. The zero-order valence-electron chi connectivity index (χ0n) is 10.2. The van der Waals surface area contributed by atoms with Gasteiger partial charge in [-0.2, -0.15) is 0 Å². The van der Waals surface area contributed by atoms with E-state index >= 15 is 0 Å². The van der Waals surface area contributed by atoms with Gasteiger partial charge in [-0.3, -0.25) is 0 Å². The maximum atomic E-state index is 10.0. The maximum absolute atomic E-state index is 10.0. The third kappa shape index (κ3) is 3.33. The second-order valence-corrected chi connectivity index (χ2v) is 5.71. The number of aliphatic hydroxyl groups excluding tert-OH is 3. The van der Waals surface area contributed by atoms with E-state index in [9.17, 15) is 10.2 Å². The topological polar surface area (TPSA) is 79.2 Å². The van der Waals surface area contributed by atoms with Gasteiger partial charge in [-0.1, -0.05) is 23.2 Å². The van der Waals surface area contributed by atoms with Gasteiger partial charge in [-0.25, -0.2) is 0 Å². The number of ether oxygens (including phenoxy) is 2. The van der Waals surface area contributed by atoms with E-state index in [0.29, 0.717) is 15.8 Å². The molecule has 1 saturated heterocycles. The molecular formula is C12H14Cl2O5S. The largest absolute Gasteiger partial charge is 0.484 e. The highest BCUT2D eigenvalue weighted by Crippen LogP contribution is 2.30. The Morgan fingerprint density at radius 1 is 1.20 bits per heavy atom. The van der Waals surface area contributed by atoms with Crippen molar-refractivity contribution in [2.45, 2.75) is 29.9 Å². The summed E-state index contributed by atoms with van der Waals surface area (Å²) in [7, 11) is 0. The molecule has 3 N–H and O–H groups in total. The van der Waals surface area contributed by atoms with Crippen LogP contribution < -0.4 is 4.74 Å². The van der Waals surface area contributed by atoms with E-state index in [1.54, 1.807) is 12.1 Å². The number of benzene rings is 1. The lowest BCUT2D eigenvalue weighted by molar-refractivity contribution is -0.198. The number of hydrogen-bond donors (Lipinski definition) is 4. The van der Waals surface area contributed by atoms with E-state index in [2.05, 4.69) is 12.6 Å². The third-order valence-corrected chi connectivity index (χ3v) is 4.16. The molecular weight excluding hydrogens is 327 g/mol. The molecule has 0 radical (unpaired) electrons. The molecule has 5 atom stereocenters. The Kier molecular flexibility index (Phi) is 5.42. The van der Waals surface area contributed by atoms with Crippen LogP contribution in [0.4, 0.5) is 0 Å². The van der Waals surface area contributed by atoms with Crippen molar-refractivity contribution in [2.75, 3.05) is 6.61 Å². The molecule has 0 bridgehead atoms. The molecule has 1 aliphatic heterocycles. The van der Waals surface area contributed by atoms with Gasteiger partial charge in [0.25, 0.3) is 0 Å². The minimum atomic E-state index is -1.27. The minimum absolute atomic E-state index is 0.305. The molecule has 8 heteroatoms. The lowest BCUT2D eigenvalue weighted by atomic mass is 10.00. The Hall–Kier alpha value is -0.210. The molecule has 112 valence electrons. The van der Waals surface area contributed by atoms with Crippen LogP contribution in [-0.2, 0) is 4.74 Å². The Morgan fingerprint density at radius 2 is 1.90 bits per heavy atom. The normalized spacial score (nSPS) is 34.0. The summed E-state index contributed by atoms with van der Waals surface area (Å²) < 4.78 is 10.8. The quantitative estimate of drug-likeness (QED) is 0.620. The Labute approximate surface area is 131 Å². The van der Waals surface area contributed by atoms with Crippen molar-refractivity contribution in [3.8, 4) is 5.75 Å². The van der Waals surface area contributed by atoms with E-state index in [0.717, 1.165) is 0 Å². The van der Waals surface area contributed by atoms with Crippen LogP contribution in [0.25, 0.3) is 0 Å². The van der Waals surface area contributed by atoms with Gasteiger partial charge in [-0.15, -0.1) is 12.6 Å². The fraction of sp³-hybridized carbons (Fsp3) is 0.500. The predicted molar refractivity (Wildman–Crippen MR) is 77.6 cm³/mol. The van der Waals surface area contributed by atoms with E-state index in [-0.39, 0.29) is 0 Å². The lowest BCUT2D eigenvalue weighted by Gasteiger charge is -2.40. The highest BCUT2D eigenvalue weighted by Gasteiger charge is 2.44. The first-order valence-electron chi connectivity index (χ1n) is 5.86. The molecule has 1 aromatic rings. The van der Waals surface area contributed by atoms with Crippen molar-refractivity contribution in [3.05, 3.63) is 28.2 Å². The van der Waals surface area contributed by atoms with Crippen LogP contribution in [0.3, 0.4) is 0 Å². The van der Waals surface area contributed by atoms with Gasteiger partial charge < -0.3 is 24.8 Å². The molecule has 0 amide bonds. The van der Waals surface area contributed by atoms with E-state index < -0.39 is 36.5 Å². The molecule has 0 aromatic heterocycles. The Bertz CT molecular complexity index is 475. The van der Waals surface area contributed by atoms with Crippen LogP contribution in [0, 0.1) is 0 Å². The first kappa shape index (κ1) is 16.2. The average Bonchev–Trinajstić information content (AvgIpc) is 2.42. The summed E-state index contributed by atoms with van der Waals surface area (Å²) in [5, 5.41) is 29.5. The summed E-state index contributed by atoms with van der Waals surface area (Å²) in [6.07, 6.45) is -4.33. The molecule has 1 heterocycles. The smallest absolute Gasteiger partial charge is 0.162 e. The third-order valence-electron chi connectivity index (χ3n) is 3.01. The molecule has 0 saturated carbocycles. The zero-order valence-corrected chi connectivity index (χ0v) is 12.6. The van der Waals surface area contributed by atoms with Crippen LogP contribution in [0.2, 0.25) is 10.0 Å². The van der Waals surface area contributed by atoms with E-state index in [1.165, 1.54) is 6.07 Å². The second kappa shape index (κ2) is 6.70. The number of rotatable bonds is 3. The van der Waals surface area contributed by atoms with Gasteiger partial charge >= 0.3 is 0 Å². The minimum Gasteiger partial charge on any atom is -0.484 e. The number of hydrogen-bond acceptors (Lipinski definition) is 6. The van der Waals surface area contributed by atoms with Gasteiger partial charge in [0.1, 0.15) is 29.5 Å². The number of thiol groups is 1. The van der Waals surface area contributed by atoms with Gasteiger partial charge in [0.2, 0.25) is 0 Å². The van der Waals surface area contributed by atoms with Crippen LogP contribution in [0.15, 0.2) is 18.2 Å². The van der Waals surface area contributed by atoms with Crippen molar-refractivity contribution in [2.24, 2.45) is 0 Å². The van der Waals surface area contributed by atoms with Crippen LogP contribution in [0.1, 0.15) is 0 Å². The Morgan fingerprint density at radius 3 is 2.50 bits per heavy atom. The van der Waals surface area contributed by atoms with Crippen molar-refractivity contribution in [1.82, 2.24) is 0 Å². The fourth-order valence-electron chi connectivity index (χ4n) is 1.91. The lowest BCUT2D eigenvalue weighted by Crippen LogP contribution is -2.58. The van der Waals surface area contributed by atoms with Crippen LogP contribution in [-0.4, -0.2) is 51.8 Å². The molecule has 1 aliphatic rings. The van der Waals surface area contributed by atoms with E-state index in [1.807, 2.05) is 0 Å². The van der Waals surface area contributed by atoms with Crippen LogP contribution in [0.5, 0.6) is 5.75 Å². The van der Waals surface area contributed by atoms with Crippen molar-refractivity contribution in [1.29, 1.82) is 0 Å². The monoisotopic (exact) mass is 340 g/mol. The summed E-state index contributed by atoms with van der Waals surface area (Å²) in [6, 6.07) is 4.61. The molecule has 5 nitrogen and oxygen atoms in total. The summed E-state index contributed by atoms with van der Waals surface area (Å²) >= 11 is 15.8. The summed E-state index contributed by atoms with van der Waals surface area (Å²) in [5.41, 5.74) is -0.806.